The van der Waals surface area contributed by atoms with Gasteiger partial charge in [-0.05, 0) is 43.2 Å². The summed E-state index contributed by atoms with van der Waals surface area (Å²) in [7, 11) is 1.79. The van der Waals surface area contributed by atoms with Crippen LogP contribution in [0.25, 0.3) is 0 Å². The second kappa shape index (κ2) is 9.91. The van der Waals surface area contributed by atoms with Crippen molar-refractivity contribution in [3.63, 3.8) is 0 Å². The molecule has 0 aromatic heterocycles. The molecule has 0 spiro atoms. The van der Waals surface area contributed by atoms with E-state index < -0.39 is 0 Å². The predicted molar refractivity (Wildman–Crippen MR) is 121 cm³/mol. The second-order valence-electron chi connectivity index (χ2n) is 7.80. The average molecular weight is 498 g/mol. The van der Waals surface area contributed by atoms with Crippen LogP contribution in [0.4, 0.5) is 0 Å². The number of hydrogen-bond donors (Lipinski definition) is 2. The van der Waals surface area contributed by atoms with Gasteiger partial charge < -0.3 is 20.3 Å². The molecule has 3 heterocycles. The Morgan fingerprint density at radius 1 is 1.29 bits per heavy atom. The van der Waals surface area contributed by atoms with Crippen LogP contribution in [0.5, 0.6) is 0 Å². The van der Waals surface area contributed by atoms with Gasteiger partial charge in [0.15, 0.2) is 5.96 Å². The summed E-state index contributed by atoms with van der Waals surface area (Å²) < 4.78 is 5.88. The number of nitrogens with zero attached hydrogens (tertiary/aromatic N) is 2. The van der Waals surface area contributed by atoms with E-state index in [1.807, 2.05) is 4.90 Å². The number of carbonyl (C=O) groups is 1. The lowest BCUT2D eigenvalue weighted by Gasteiger charge is -2.29. The molecule has 1 aromatic carbocycles. The second-order valence-corrected chi connectivity index (χ2v) is 7.80. The summed E-state index contributed by atoms with van der Waals surface area (Å²) in [6.07, 6.45) is 6.51. The minimum absolute atomic E-state index is 0. The van der Waals surface area contributed by atoms with Gasteiger partial charge in [0.2, 0.25) is 5.91 Å². The summed E-state index contributed by atoms with van der Waals surface area (Å²) in [4.78, 5) is 18.8. The van der Waals surface area contributed by atoms with E-state index in [0.29, 0.717) is 24.7 Å². The maximum absolute atomic E-state index is 12.5. The molecule has 28 heavy (non-hydrogen) atoms. The first-order valence-corrected chi connectivity index (χ1v) is 10.2. The molecule has 4 rings (SSSR count). The van der Waals surface area contributed by atoms with Crippen molar-refractivity contribution in [2.45, 2.75) is 63.3 Å². The van der Waals surface area contributed by atoms with Gasteiger partial charge in [-0.15, -0.1) is 24.0 Å². The van der Waals surface area contributed by atoms with E-state index in [1.165, 1.54) is 17.5 Å². The number of carbonyl (C=O) groups excluding carboxylic acids is 1. The monoisotopic (exact) mass is 498 g/mol. The average Bonchev–Trinajstić information content (AvgIpc) is 3.32. The van der Waals surface area contributed by atoms with Crippen LogP contribution in [0.3, 0.4) is 0 Å². The first-order valence-electron chi connectivity index (χ1n) is 10.2. The van der Waals surface area contributed by atoms with Gasteiger partial charge in [-0.2, -0.15) is 0 Å². The fourth-order valence-corrected chi connectivity index (χ4v) is 4.47. The van der Waals surface area contributed by atoms with Gasteiger partial charge in [-0.3, -0.25) is 9.79 Å². The summed E-state index contributed by atoms with van der Waals surface area (Å²) in [6.45, 7) is 2.32. The van der Waals surface area contributed by atoms with E-state index in [1.54, 1.807) is 7.05 Å². The smallest absolute Gasteiger partial charge is 0.222 e. The highest BCUT2D eigenvalue weighted by Crippen LogP contribution is 2.34. The molecule has 1 amide bonds. The van der Waals surface area contributed by atoms with Gasteiger partial charge in [0.1, 0.15) is 0 Å². The first-order chi connectivity index (χ1) is 13.2. The molecule has 2 saturated heterocycles. The molecular weight excluding hydrogens is 467 g/mol. The number of hydrogen-bond acceptors (Lipinski definition) is 3. The first kappa shape index (κ1) is 21.4. The van der Waals surface area contributed by atoms with Gasteiger partial charge in [0.25, 0.3) is 0 Å². The fraction of sp³-hybridized carbons (Fsp3) is 0.619. The number of halogens is 1. The van der Waals surface area contributed by atoms with Crippen LogP contribution in [0, 0.1) is 0 Å². The number of aliphatic imine (C=N–C) groups is 1. The van der Waals surface area contributed by atoms with Crippen molar-refractivity contribution in [1.29, 1.82) is 0 Å². The standard InChI is InChI=1S/C21H30N4O2.HI/c1-22-21(24-18-13-17-8-9-19(18)27-17)23-11-4-7-20(26)25-12-10-15-5-2-3-6-16(15)14-25;/h2-3,5-6,17-19H,4,7-14H2,1H3,(H2,22,23,24);1H. The summed E-state index contributed by atoms with van der Waals surface area (Å²) >= 11 is 0. The zero-order chi connectivity index (χ0) is 18.6. The number of nitrogens with one attached hydrogen (secondary N) is 2. The maximum atomic E-state index is 12.5. The lowest BCUT2D eigenvalue weighted by molar-refractivity contribution is -0.132. The topological polar surface area (TPSA) is 66.0 Å². The number of fused-ring (bicyclic) bond motifs is 3. The Morgan fingerprint density at radius 3 is 2.82 bits per heavy atom. The van der Waals surface area contributed by atoms with Crippen molar-refractivity contribution in [2.75, 3.05) is 20.1 Å². The van der Waals surface area contributed by atoms with Gasteiger partial charge in [0.05, 0.1) is 18.2 Å². The lowest BCUT2D eigenvalue weighted by Crippen LogP contribution is -2.47. The van der Waals surface area contributed by atoms with Crippen LogP contribution in [-0.2, 0) is 22.5 Å². The highest BCUT2D eigenvalue weighted by Gasteiger charge is 2.41. The molecular formula is C21H31IN4O2. The third-order valence-electron chi connectivity index (χ3n) is 5.99. The van der Waals surface area contributed by atoms with Crippen LogP contribution in [0.1, 0.15) is 43.2 Å². The van der Waals surface area contributed by atoms with Gasteiger partial charge >= 0.3 is 0 Å². The zero-order valence-corrected chi connectivity index (χ0v) is 18.9. The van der Waals surface area contributed by atoms with E-state index in [0.717, 1.165) is 51.3 Å². The van der Waals surface area contributed by atoms with Crippen LogP contribution in [0.15, 0.2) is 29.3 Å². The zero-order valence-electron chi connectivity index (χ0n) is 16.5. The Kier molecular flexibility index (Phi) is 7.56. The SMILES string of the molecule is CN=C(NCCCC(=O)N1CCc2ccccc2C1)NC1CC2CCC1O2.I. The Labute approximate surface area is 184 Å². The molecule has 6 nitrogen and oxygen atoms in total. The molecule has 3 unspecified atom stereocenters. The minimum atomic E-state index is 0. The van der Waals surface area contributed by atoms with Crippen molar-refractivity contribution >= 4 is 35.8 Å². The van der Waals surface area contributed by atoms with E-state index in [-0.39, 0.29) is 29.9 Å². The van der Waals surface area contributed by atoms with Crippen molar-refractivity contribution in [1.82, 2.24) is 15.5 Å². The molecule has 0 radical (unpaired) electrons. The van der Waals surface area contributed by atoms with E-state index in [9.17, 15) is 4.79 Å². The number of benzene rings is 1. The van der Waals surface area contributed by atoms with Gasteiger partial charge in [-0.1, -0.05) is 24.3 Å². The summed E-state index contributed by atoms with van der Waals surface area (Å²) in [5.41, 5.74) is 2.66. The quantitative estimate of drug-likeness (QED) is 0.284. The van der Waals surface area contributed by atoms with Crippen molar-refractivity contribution < 1.29 is 9.53 Å². The number of ether oxygens (including phenoxy) is 1. The molecule has 3 atom stereocenters. The molecule has 1 aromatic rings. The normalized spacial score (nSPS) is 25.8. The van der Waals surface area contributed by atoms with Crippen LogP contribution in [0.2, 0.25) is 0 Å². The lowest BCUT2D eigenvalue weighted by atomic mass is 9.96. The number of amides is 1. The molecule has 7 heteroatoms. The van der Waals surface area contributed by atoms with Gasteiger partial charge in [-0.25, -0.2) is 0 Å². The Morgan fingerprint density at radius 2 is 2.11 bits per heavy atom. The van der Waals surface area contributed by atoms with Crippen LogP contribution >= 0.6 is 24.0 Å². The molecule has 154 valence electrons. The van der Waals surface area contributed by atoms with Crippen molar-refractivity contribution in [3.8, 4) is 0 Å². The molecule has 2 fully saturated rings. The molecule has 0 saturated carbocycles. The van der Waals surface area contributed by atoms with Crippen molar-refractivity contribution in [3.05, 3.63) is 35.4 Å². The highest BCUT2D eigenvalue weighted by molar-refractivity contribution is 14.0. The predicted octanol–water partition coefficient (Wildman–Crippen LogP) is 2.45. The molecule has 3 aliphatic rings. The van der Waals surface area contributed by atoms with Crippen LogP contribution < -0.4 is 10.6 Å². The minimum Gasteiger partial charge on any atom is -0.373 e. The van der Waals surface area contributed by atoms with Crippen LogP contribution in [-0.4, -0.2) is 55.2 Å². The van der Waals surface area contributed by atoms with E-state index >= 15 is 0 Å². The molecule has 0 aliphatic carbocycles. The molecule has 3 aliphatic heterocycles. The Hall–Kier alpha value is -1.35. The Bertz CT molecular complexity index is 711. The molecule has 2 bridgehead atoms. The molecule has 2 N–H and O–H groups in total. The Balaban J connectivity index is 0.00000225. The summed E-state index contributed by atoms with van der Waals surface area (Å²) in [5, 5.41) is 6.82. The third kappa shape index (κ3) is 4.97. The van der Waals surface area contributed by atoms with E-state index in [2.05, 4.69) is 39.9 Å². The number of rotatable bonds is 5. The van der Waals surface area contributed by atoms with Crippen molar-refractivity contribution in [2.24, 2.45) is 4.99 Å². The fourth-order valence-electron chi connectivity index (χ4n) is 4.47. The van der Waals surface area contributed by atoms with Gasteiger partial charge in [0, 0.05) is 33.1 Å². The van der Waals surface area contributed by atoms with E-state index in [4.69, 9.17) is 4.74 Å². The summed E-state index contributed by atoms with van der Waals surface area (Å²) in [6, 6.07) is 8.79. The maximum Gasteiger partial charge on any atom is 0.222 e. The third-order valence-corrected chi connectivity index (χ3v) is 5.99. The largest absolute Gasteiger partial charge is 0.373 e. The summed E-state index contributed by atoms with van der Waals surface area (Å²) in [5.74, 6) is 1.06. The highest BCUT2D eigenvalue weighted by atomic mass is 127. The number of guanidine groups is 1.